The molecular formula is C15H13N3O5. The Labute approximate surface area is 130 Å². The molecule has 2 aromatic rings. The van der Waals surface area contributed by atoms with E-state index in [1.165, 1.54) is 42.5 Å². The number of nitrogens with zero attached hydrogens (tertiary/aromatic N) is 2. The van der Waals surface area contributed by atoms with Gasteiger partial charge in [0.05, 0.1) is 10.6 Å². The maximum Gasteiger partial charge on any atom is 0.271 e. The van der Waals surface area contributed by atoms with Crippen LogP contribution in [0.25, 0.3) is 0 Å². The van der Waals surface area contributed by atoms with E-state index in [1.807, 2.05) is 0 Å². The van der Waals surface area contributed by atoms with Crippen LogP contribution in [0, 0.1) is 10.1 Å². The molecule has 0 aliphatic carbocycles. The lowest BCUT2D eigenvalue weighted by Crippen LogP contribution is -2.19. The van der Waals surface area contributed by atoms with E-state index in [0.29, 0.717) is 0 Å². The van der Waals surface area contributed by atoms with E-state index in [9.17, 15) is 25.1 Å². The Balaban J connectivity index is 2.13. The molecule has 0 fully saturated rings. The lowest BCUT2D eigenvalue weighted by molar-refractivity contribution is -0.384. The van der Waals surface area contributed by atoms with Gasteiger partial charge in [0, 0.05) is 23.3 Å². The zero-order valence-corrected chi connectivity index (χ0v) is 12.1. The summed E-state index contributed by atoms with van der Waals surface area (Å²) in [5.41, 5.74) is 2.92. The van der Waals surface area contributed by atoms with Crippen LogP contribution in [-0.2, 0) is 0 Å². The molecule has 3 N–H and O–H groups in total. The SMILES string of the molecule is C/C(=N/NC(=O)c1ccc([N+](=O)[O-])cc1)c1cc(O)ccc1O. The summed E-state index contributed by atoms with van der Waals surface area (Å²) in [7, 11) is 0. The fourth-order valence-corrected chi connectivity index (χ4v) is 1.81. The predicted molar refractivity (Wildman–Crippen MR) is 82.5 cm³/mol. The van der Waals surface area contributed by atoms with Gasteiger partial charge in [0.25, 0.3) is 11.6 Å². The third-order valence-corrected chi connectivity index (χ3v) is 3.04. The van der Waals surface area contributed by atoms with Gasteiger partial charge >= 0.3 is 0 Å². The number of nitro benzene ring substituents is 1. The average Bonchev–Trinajstić information content (AvgIpc) is 2.54. The second-order valence-electron chi connectivity index (χ2n) is 4.64. The number of rotatable bonds is 4. The fourth-order valence-electron chi connectivity index (χ4n) is 1.81. The molecule has 0 aromatic heterocycles. The minimum absolute atomic E-state index is 0.0472. The highest BCUT2D eigenvalue weighted by molar-refractivity contribution is 6.02. The summed E-state index contributed by atoms with van der Waals surface area (Å²) in [5.74, 6) is -0.693. The van der Waals surface area contributed by atoms with Crippen LogP contribution < -0.4 is 5.43 Å². The molecule has 0 saturated heterocycles. The van der Waals surface area contributed by atoms with Crippen molar-refractivity contribution in [3.05, 3.63) is 63.7 Å². The normalized spacial score (nSPS) is 11.1. The van der Waals surface area contributed by atoms with E-state index in [2.05, 4.69) is 10.5 Å². The van der Waals surface area contributed by atoms with Crippen molar-refractivity contribution < 1.29 is 19.9 Å². The second-order valence-corrected chi connectivity index (χ2v) is 4.64. The Morgan fingerprint density at radius 2 is 1.83 bits per heavy atom. The summed E-state index contributed by atoms with van der Waals surface area (Å²) in [6.07, 6.45) is 0. The fraction of sp³-hybridized carbons (Fsp3) is 0.0667. The summed E-state index contributed by atoms with van der Waals surface area (Å²) >= 11 is 0. The minimum atomic E-state index is -0.561. The minimum Gasteiger partial charge on any atom is -0.508 e. The molecule has 0 atom stereocenters. The number of nitrogens with one attached hydrogen (secondary N) is 1. The monoisotopic (exact) mass is 315 g/mol. The summed E-state index contributed by atoms with van der Waals surface area (Å²) < 4.78 is 0. The number of hydrazone groups is 1. The first-order valence-electron chi connectivity index (χ1n) is 6.50. The Hall–Kier alpha value is -3.42. The van der Waals surface area contributed by atoms with Gasteiger partial charge in [-0.15, -0.1) is 0 Å². The van der Waals surface area contributed by atoms with Gasteiger partial charge in [-0.05, 0) is 37.3 Å². The Morgan fingerprint density at radius 3 is 2.43 bits per heavy atom. The van der Waals surface area contributed by atoms with E-state index in [1.54, 1.807) is 6.92 Å². The van der Waals surface area contributed by atoms with Gasteiger partial charge < -0.3 is 10.2 Å². The number of carbonyl (C=O) groups excluding carboxylic acids is 1. The summed E-state index contributed by atoms with van der Waals surface area (Å²) in [6.45, 7) is 1.55. The van der Waals surface area contributed by atoms with Gasteiger partial charge in [0.1, 0.15) is 11.5 Å². The summed E-state index contributed by atoms with van der Waals surface area (Å²) in [4.78, 5) is 21.9. The van der Waals surface area contributed by atoms with Crippen molar-refractivity contribution >= 4 is 17.3 Å². The van der Waals surface area contributed by atoms with E-state index in [-0.39, 0.29) is 34.0 Å². The van der Waals surface area contributed by atoms with E-state index < -0.39 is 10.8 Å². The quantitative estimate of drug-likeness (QED) is 0.345. The number of phenolic OH excluding ortho intramolecular Hbond substituents is 2. The standard InChI is InChI=1S/C15H13N3O5/c1-9(13-8-12(19)6-7-14(13)20)16-17-15(21)10-2-4-11(5-3-10)18(22)23/h2-8,19-20H,1H3,(H,17,21)/b16-9-. The number of hydrogen-bond donors (Lipinski definition) is 3. The third kappa shape index (κ3) is 3.82. The first kappa shape index (κ1) is 16.0. The van der Waals surface area contributed by atoms with E-state index in [4.69, 9.17) is 0 Å². The highest BCUT2D eigenvalue weighted by Gasteiger charge is 2.10. The van der Waals surface area contributed by atoms with Gasteiger partial charge in [-0.3, -0.25) is 14.9 Å². The van der Waals surface area contributed by atoms with Gasteiger partial charge in [0.2, 0.25) is 0 Å². The summed E-state index contributed by atoms with van der Waals surface area (Å²) in [6, 6.07) is 8.99. The molecule has 0 heterocycles. The molecule has 0 aliphatic rings. The molecule has 2 aromatic carbocycles. The molecule has 0 saturated carbocycles. The number of hydrogen-bond acceptors (Lipinski definition) is 6. The van der Waals surface area contributed by atoms with Crippen LogP contribution >= 0.6 is 0 Å². The zero-order chi connectivity index (χ0) is 17.0. The average molecular weight is 315 g/mol. The number of benzene rings is 2. The van der Waals surface area contributed by atoms with Crippen LogP contribution in [0.4, 0.5) is 5.69 Å². The number of non-ortho nitro benzene ring substituents is 1. The molecule has 0 bridgehead atoms. The van der Waals surface area contributed by atoms with Crippen molar-refractivity contribution in [2.24, 2.45) is 5.10 Å². The van der Waals surface area contributed by atoms with Crippen molar-refractivity contribution in [1.82, 2.24) is 5.43 Å². The van der Waals surface area contributed by atoms with Crippen molar-refractivity contribution in [3.8, 4) is 11.5 Å². The van der Waals surface area contributed by atoms with Gasteiger partial charge in [-0.2, -0.15) is 5.10 Å². The first-order chi connectivity index (χ1) is 10.9. The number of nitro groups is 1. The predicted octanol–water partition coefficient (Wildman–Crippen LogP) is 2.16. The van der Waals surface area contributed by atoms with Crippen molar-refractivity contribution in [2.75, 3.05) is 0 Å². The van der Waals surface area contributed by atoms with Crippen LogP contribution in [0.1, 0.15) is 22.8 Å². The molecule has 1 amide bonds. The third-order valence-electron chi connectivity index (χ3n) is 3.04. The van der Waals surface area contributed by atoms with Crippen LogP contribution in [0.15, 0.2) is 47.6 Å². The molecule has 2 rings (SSSR count). The number of carbonyl (C=O) groups is 1. The van der Waals surface area contributed by atoms with E-state index in [0.717, 1.165) is 0 Å². The van der Waals surface area contributed by atoms with Crippen LogP contribution in [0.5, 0.6) is 11.5 Å². The van der Waals surface area contributed by atoms with Crippen molar-refractivity contribution in [3.63, 3.8) is 0 Å². The Kier molecular flexibility index (Phi) is 4.55. The number of amides is 1. The highest BCUT2D eigenvalue weighted by atomic mass is 16.6. The second kappa shape index (κ2) is 6.56. The Morgan fingerprint density at radius 1 is 1.17 bits per heavy atom. The largest absolute Gasteiger partial charge is 0.508 e. The van der Waals surface area contributed by atoms with Crippen LogP contribution in [0.3, 0.4) is 0 Å². The van der Waals surface area contributed by atoms with Crippen LogP contribution in [0.2, 0.25) is 0 Å². The summed E-state index contributed by atoms with van der Waals surface area (Å²) in [5, 5.41) is 33.5. The van der Waals surface area contributed by atoms with Crippen molar-refractivity contribution in [1.29, 1.82) is 0 Å². The number of aromatic hydroxyl groups is 2. The van der Waals surface area contributed by atoms with E-state index >= 15 is 0 Å². The zero-order valence-electron chi connectivity index (χ0n) is 12.1. The molecular weight excluding hydrogens is 302 g/mol. The molecule has 118 valence electrons. The van der Waals surface area contributed by atoms with Crippen LogP contribution in [-0.4, -0.2) is 26.8 Å². The number of phenols is 2. The molecule has 0 radical (unpaired) electrons. The van der Waals surface area contributed by atoms with Gasteiger partial charge in [-0.25, -0.2) is 5.43 Å². The lowest BCUT2D eigenvalue weighted by Gasteiger charge is -2.05. The Bertz CT molecular complexity index is 784. The maximum atomic E-state index is 11.9. The first-order valence-corrected chi connectivity index (χ1v) is 6.50. The molecule has 8 heteroatoms. The highest BCUT2D eigenvalue weighted by Crippen LogP contribution is 2.22. The maximum absolute atomic E-state index is 11.9. The van der Waals surface area contributed by atoms with Crippen molar-refractivity contribution in [2.45, 2.75) is 6.92 Å². The molecule has 8 nitrogen and oxygen atoms in total. The topological polar surface area (TPSA) is 125 Å². The van der Waals surface area contributed by atoms with Gasteiger partial charge in [-0.1, -0.05) is 0 Å². The van der Waals surface area contributed by atoms with Gasteiger partial charge in [0.15, 0.2) is 0 Å². The lowest BCUT2D eigenvalue weighted by atomic mass is 10.1. The molecule has 0 spiro atoms. The smallest absolute Gasteiger partial charge is 0.271 e. The molecule has 0 aliphatic heterocycles. The molecule has 23 heavy (non-hydrogen) atoms. The molecule has 0 unspecified atom stereocenters.